The molecule has 0 radical (unpaired) electrons. The van der Waals surface area contributed by atoms with Crippen LogP contribution >= 0.6 is 0 Å². The second kappa shape index (κ2) is 7.57. The van der Waals surface area contributed by atoms with Crippen molar-refractivity contribution >= 4 is 27.4 Å². The molecule has 0 saturated heterocycles. The molecule has 0 spiro atoms. The van der Waals surface area contributed by atoms with Gasteiger partial charge in [0.2, 0.25) is 0 Å². The zero-order valence-electron chi connectivity index (χ0n) is 14.1. The molecular formula is C19H9AlF8. The topological polar surface area (TPSA) is 0 Å². The lowest BCUT2D eigenvalue weighted by Crippen LogP contribution is -2.58. The van der Waals surface area contributed by atoms with E-state index in [0.29, 0.717) is 36.4 Å². The largest absolute Gasteiger partial charge is 0.403 e. The van der Waals surface area contributed by atoms with E-state index in [4.69, 9.17) is 0 Å². The average molecular weight is 416 g/mol. The van der Waals surface area contributed by atoms with Crippen molar-refractivity contribution < 1.29 is 35.1 Å². The summed E-state index contributed by atoms with van der Waals surface area (Å²) < 4.78 is 110. The maximum atomic E-state index is 14.5. The fourth-order valence-corrected chi connectivity index (χ4v) is 6.32. The van der Waals surface area contributed by atoms with Crippen LogP contribution in [0, 0.1) is 53.5 Å². The number of benzene rings is 3. The van der Waals surface area contributed by atoms with Gasteiger partial charge in [-0.3, -0.25) is 0 Å². The van der Waals surface area contributed by atoms with Gasteiger partial charge in [0.15, 0.2) is 0 Å². The Morgan fingerprint density at radius 2 is 0.821 bits per heavy atom. The minimum Gasteiger partial charge on any atom is -0.208 e. The normalized spacial score (nSPS) is 11.0. The van der Waals surface area contributed by atoms with Gasteiger partial charge in [0, 0.05) is 30.3 Å². The van der Waals surface area contributed by atoms with Crippen molar-refractivity contribution in [2.24, 2.45) is 0 Å². The lowest BCUT2D eigenvalue weighted by molar-refractivity contribution is 0.550. The van der Waals surface area contributed by atoms with E-state index in [9.17, 15) is 35.1 Å². The summed E-state index contributed by atoms with van der Waals surface area (Å²) in [7, 11) is 0. The first-order valence-electron chi connectivity index (χ1n) is 7.84. The molecule has 9 heteroatoms. The van der Waals surface area contributed by atoms with Gasteiger partial charge < -0.3 is 0 Å². The molecule has 3 aromatic rings. The van der Waals surface area contributed by atoms with Gasteiger partial charge in [-0.15, -0.1) is 0 Å². The Kier molecular flexibility index (Phi) is 5.51. The van der Waals surface area contributed by atoms with Crippen molar-refractivity contribution in [3.8, 4) is 0 Å². The first kappa shape index (κ1) is 20.4. The lowest BCUT2D eigenvalue weighted by Gasteiger charge is -2.19. The highest BCUT2D eigenvalue weighted by atomic mass is 27.2. The van der Waals surface area contributed by atoms with Crippen molar-refractivity contribution in [1.29, 1.82) is 0 Å². The van der Waals surface area contributed by atoms with Crippen LogP contribution in [-0.4, -0.2) is 14.1 Å². The third kappa shape index (κ3) is 3.64. The van der Waals surface area contributed by atoms with E-state index in [1.54, 1.807) is 0 Å². The molecule has 0 bridgehead atoms. The van der Waals surface area contributed by atoms with E-state index in [-0.39, 0.29) is 9.99 Å². The molecule has 0 atom stereocenters. The molecule has 3 rings (SSSR count). The van der Waals surface area contributed by atoms with Crippen LogP contribution in [0.1, 0.15) is 5.56 Å². The second-order valence-electron chi connectivity index (χ2n) is 6.10. The smallest absolute Gasteiger partial charge is 0.208 e. The minimum atomic E-state index is -3.92. The lowest BCUT2D eigenvalue weighted by atomic mass is 10.2. The Labute approximate surface area is 158 Å². The minimum absolute atomic E-state index is 0.288. The third-order valence-corrected chi connectivity index (χ3v) is 7.80. The molecule has 0 nitrogen and oxygen atoms in total. The van der Waals surface area contributed by atoms with Crippen LogP contribution < -0.4 is 13.3 Å². The molecule has 0 aliphatic carbocycles. The summed E-state index contributed by atoms with van der Waals surface area (Å²) in [5.41, 5.74) is -0.288. The first-order chi connectivity index (χ1) is 13.1. The van der Waals surface area contributed by atoms with Gasteiger partial charge in [-0.05, 0) is 27.4 Å². The highest BCUT2D eigenvalue weighted by Crippen LogP contribution is 2.14. The monoisotopic (exact) mass is 416 g/mol. The summed E-state index contributed by atoms with van der Waals surface area (Å²) in [5.74, 6) is -10.7. The molecular weight excluding hydrogens is 407 g/mol. The summed E-state index contributed by atoms with van der Waals surface area (Å²) in [6.45, 7) is 1.14. The average Bonchev–Trinajstić information content (AvgIpc) is 2.55. The van der Waals surface area contributed by atoms with Gasteiger partial charge in [0.05, 0.1) is 0 Å². The number of hydrogen-bond acceptors (Lipinski definition) is 0. The molecule has 0 aromatic heterocycles. The molecule has 0 unspecified atom stereocenters. The Balaban J connectivity index is 2.44. The fraction of sp³-hybridized carbons (Fsp3) is 0.0526. The van der Waals surface area contributed by atoms with E-state index >= 15 is 0 Å². The zero-order chi connectivity index (χ0) is 20.7. The van der Waals surface area contributed by atoms with Gasteiger partial charge in [0.1, 0.15) is 46.5 Å². The predicted molar refractivity (Wildman–Crippen MR) is 88.4 cm³/mol. The van der Waals surface area contributed by atoms with Crippen molar-refractivity contribution in [3.63, 3.8) is 0 Å². The van der Waals surface area contributed by atoms with Crippen LogP contribution in [0.3, 0.4) is 0 Å². The fourth-order valence-electron chi connectivity index (χ4n) is 3.08. The zero-order valence-corrected chi connectivity index (χ0v) is 15.2. The van der Waals surface area contributed by atoms with Crippen molar-refractivity contribution in [2.45, 2.75) is 6.92 Å². The van der Waals surface area contributed by atoms with Crippen molar-refractivity contribution in [2.75, 3.05) is 0 Å². The molecule has 28 heavy (non-hydrogen) atoms. The van der Waals surface area contributed by atoms with Gasteiger partial charge in [-0.25, -0.2) is 35.1 Å². The number of hydrogen-bond donors (Lipinski definition) is 0. The van der Waals surface area contributed by atoms with E-state index in [2.05, 4.69) is 0 Å². The van der Waals surface area contributed by atoms with Crippen LogP contribution in [0.4, 0.5) is 35.1 Å². The summed E-state index contributed by atoms with van der Waals surface area (Å²) >= 11 is -3.92. The Morgan fingerprint density at radius 1 is 0.500 bits per heavy atom. The molecule has 0 fully saturated rings. The molecule has 0 heterocycles. The molecule has 3 aromatic carbocycles. The Morgan fingerprint density at radius 3 is 1.21 bits per heavy atom. The van der Waals surface area contributed by atoms with Gasteiger partial charge >= 0.3 is 14.1 Å². The standard InChI is InChI=1S/C7H5F2.2C6H2F3.Al/c1-5-2-3-6(8)4-7(5)9;2*7-4-1-5(8)3-6(9)2-4;/h3-4H,1H3;2*1-2H;. The first-order valence-corrected chi connectivity index (χ1v) is 9.57. The second-order valence-corrected chi connectivity index (χ2v) is 8.74. The molecule has 0 aliphatic rings. The van der Waals surface area contributed by atoms with Gasteiger partial charge in [-0.1, -0.05) is 4.43 Å². The molecule has 0 amide bonds. The highest BCUT2D eigenvalue weighted by molar-refractivity contribution is 6.96. The van der Waals surface area contributed by atoms with E-state index in [1.165, 1.54) is 0 Å². The summed E-state index contributed by atoms with van der Waals surface area (Å²) in [6, 6.07) is 2.38. The maximum Gasteiger partial charge on any atom is 0.403 e. The number of rotatable bonds is 3. The van der Waals surface area contributed by atoms with Crippen molar-refractivity contribution in [1.82, 2.24) is 0 Å². The van der Waals surface area contributed by atoms with E-state index < -0.39 is 69.5 Å². The predicted octanol–water partition coefficient (Wildman–Crippen LogP) is 3.62. The molecule has 0 aliphatic heterocycles. The van der Waals surface area contributed by atoms with Crippen molar-refractivity contribution in [3.05, 3.63) is 88.5 Å². The Bertz CT molecular complexity index is 976. The summed E-state index contributed by atoms with van der Waals surface area (Å²) in [5, 5.41) is 0. The summed E-state index contributed by atoms with van der Waals surface area (Å²) in [6.07, 6.45) is 0. The third-order valence-electron chi connectivity index (χ3n) is 4.33. The van der Waals surface area contributed by atoms with Crippen LogP contribution in [0.25, 0.3) is 0 Å². The Hall–Kier alpha value is -2.37. The highest BCUT2D eigenvalue weighted by Gasteiger charge is 2.38. The quantitative estimate of drug-likeness (QED) is 0.452. The van der Waals surface area contributed by atoms with E-state index in [1.807, 2.05) is 0 Å². The molecule has 0 N–H and O–H groups in total. The van der Waals surface area contributed by atoms with Crippen LogP contribution in [0.15, 0.2) is 36.4 Å². The maximum absolute atomic E-state index is 14.5. The number of halogens is 8. The van der Waals surface area contributed by atoms with Gasteiger partial charge in [-0.2, -0.15) is 0 Å². The molecule has 144 valence electrons. The van der Waals surface area contributed by atoms with Gasteiger partial charge in [0.25, 0.3) is 0 Å². The SMILES string of the molecule is Cc1c(F)cc(F)c[c]1[Al]([c]1c(F)cc(F)cc1F)[c]1c(F)cc(F)cc1F. The molecule has 0 saturated carbocycles. The van der Waals surface area contributed by atoms with Crippen LogP contribution in [0.5, 0.6) is 0 Å². The van der Waals surface area contributed by atoms with E-state index in [0.717, 1.165) is 6.92 Å². The summed E-state index contributed by atoms with van der Waals surface area (Å²) in [4.78, 5) is 0. The van der Waals surface area contributed by atoms with Crippen LogP contribution in [0.2, 0.25) is 0 Å². The van der Waals surface area contributed by atoms with Crippen LogP contribution in [-0.2, 0) is 0 Å².